The molecule has 19 heavy (non-hydrogen) atoms. The van der Waals surface area contributed by atoms with Crippen LogP contribution in [-0.2, 0) is 0 Å². The van der Waals surface area contributed by atoms with Crippen LogP contribution in [0.3, 0.4) is 0 Å². The first-order valence-corrected chi connectivity index (χ1v) is 5.34. The lowest BCUT2D eigenvalue weighted by Crippen LogP contribution is -2.05. The van der Waals surface area contributed by atoms with Crippen LogP contribution in [0.4, 0.5) is 27.4 Å². The van der Waals surface area contributed by atoms with Crippen LogP contribution in [0.15, 0.2) is 24.5 Å². The first-order chi connectivity index (χ1) is 8.99. The van der Waals surface area contributed by atoms with Gasteiger partial charge in [-0.2, -0.15) is 0 Å². The molecule has 2 rings (SSSR count). The number of aromatic nitrogens is 2. The van der Waals surface area contributed by atoms with Crippen molar-refractivity contribution in [3.05, 3.63) is 45.5 Å². The van der Waals surface area contributed by atoms with E-state index in [1.807, 2.05) is 0 Å². The highest BCUT2D eigenvalue weighted by molar-refractivity contribution is 6.33. The van der Waals surface area contributed by atoms with Crippen LogP contribution in [0.5, 0.6) is 0 Å². The van der Waals surface area contributed by atoms with E-state index in [0.717, 1.165) is 18.5 Å². The minimum atomic E-state index is -0.713. The number of hydrogen-bond acceptors (Lipinski definition) is 6. The molecule has 98 valence electrons. The second kappa shape index (κ2) is 5.02. The van der Waals surface area contributed by atoms with Crippen LogP contribution in [-0.4, -0.2) is 14.9 Å². The van der Waals surface area contributed by atoms with E-state index in [4.69, 9.17) is 17.3 Å². The highest BCUT2D eigenvalue weighted by Gasteiger charge is 2.21. The molecule has 0 spiro atoms. The number of nitrogens with one attached hydrogen (secondary N) is 1. The zero-order valence-corrected chi connectivity index (χ0v) is 10.1. The number of halogens is 2. The van der Waals surface area contributed by atoms with Crippen molar-refractivity contribution in [2.45, 2.75) is 0 Å². The van der Waals surface area contributed by atoms with Crippen LogP contribution in [0.25, 0.3) is 0 Å². The van der Waals surface area contributed by atoms with Crippen molar-refractivity contribution in [3.8, 4) is 0 Å². The Morgan fingerprint density at radius 1 is 1.42 bits per heavy atom. The van der Waals surface area contributed by atoms with Crippen molar-refractivity contribution >= 4 is 34.6 Å². The monoisotopic (exact) mass is 283 g/mol. The molecule has 0 aliphatic heterocycles. The largest absolute Gasteiger partial charge is 0.378 e. The molecule has 0 atom stereocenters. The van der Waals surface area contributed by atoms with Crippen molar-refractivity contribution in [2.24, 2.45) is 0 Å². The maximum atomic E-state index is 12.9. The first-order valence-electron chi connectivity index (χ1n) is 4.96. The van der Waals surface area contributed by atoms with Crippen molar-refractivity contribution in [1.29, 1.82) is 0 Å². The summed E-state index contributed by atoms with van der Waals surface area (Å²) in [5.74, 6) is -0.918. The predicted molar refractivity (Wildman–Crippen MR) is 67.8 cm³/mol. The van der Waals surface area contributed by atoms with Gasteiger partial charge in [0.25, 0.3) is 0 Å². The Hall–Kier alpha value is -2.48. The second-order valence-electron chi connectivity index (χ2n) is 3.46. The number of benzene rings is 1. The molecule has 1 aromatic heterocycles. The average Bonchev–Trinajstić information content (AvgIpc) is 2.32. The quantitative estimate of drug-likeness (QED) is 0.662. The number of nitrogen functional groups attached to an aromatic ring is 1. The standard InChI is InChI=1S/C10H7ClFN5O2/c11-6-3-5(12)1-2-7(6)16-10-8(17(18)19)9(13)14-4-15-10/h1-4H,(H3,13,14,15,16). The van der Waals surface area contributed by atoms with E-state index < -0.39 is 16.4 Å². The first kappa shape index (κ1) is 13.0. The maximum absolute atomic E-state index is 12.9. The fraction of sp³-hybridized carbons (Fsp3) is 0. The smallest absolute Gasteiger partial charge is 0.353 e. The van der Waals surface area contributed by atoms with Crippen LogP contribution < -0.4 is 11.1 Å². The minimum Gasteiger partial charge on any atom is -0.378 e. The maximum Gasteiger partial charge on any atom is 0.353 e. The molecule has 0 unspecified atom stereocenters. The van der Waals surface area contributed by atoms with Gasteiger partial charge in [0.1, 0.15) is 12.1 Å². The third-order valence-electron chi connectivity index (χ3n) is 2.22. The van der Waals surface area contributed by atoms with Gasteiger partial charge in [0.15, 0.2) is 0 Å². The summed E-state index contributed by atoms with van der Waals surface area (Å²) < 4.78 is 12.9. The summed E-state index contributed by atoms with van der Waals surface area (Å²) in [7, 11) is 0. The highest BCUT2D eigenvalue weighted by Crippen LogP contribution is 2.32. The summed E-state index contributed by atoms with van der Waals surface area (Å²) in [5.41, 5.74) is 5.21. The van der Waals surface area contributed by atoms with Gasteiger partial charge in [0, 0.05) is 0 Å². The fourth-order valence-corrected chi connectivity index (χ4v) is 1.60. The topological polar surface area (TPSA) is 107 Å². The van der Waals surface area contributed by atoms with Crippen LogP contribution in [0.2, 0.25) is 5.02 Å². The lowest BCUT2D eigenvalue weighted by molar-refractivity contribution is -0.383. The normalized spacial score (nSPS) is 10.2. The number of rotatable bonds is 3. The van der Waals surface area contributed by atoms with Crippen molar-refractivity contribution in [1.82, 2.24) is 9.97 Å². The van der Waals surface area contributed by atoms with E-state index >= 15 is 0 Å². The summed E-state index contributed by atoms with van der Waals surface area (Å²) in [5, 5.41) is 13.6. The van der Waals surface area contributed by atoms with Crippen LogP contribution >= 0.6 is 11.6 Å². The molecular formula is C10H7ClFN5O2. The molecule has 7 nitrogen and oxygen atoms in total. The molecule has 0 fully saturated rings. The zero-order chi connectivity index (χ0) is 14.0. The molecule has 0 radical (unpaired) electrons. The Morgan fingerprint density at radius 2 is 2.16 bits per heavy atom. The summed E-state index contributed by atoms with van der Waals surface area (Å²) in [6, 6.07) is 3.56. The zero-order valence-electron chi connectivity index (χ0n) is 9.30. The van der Waals surface area contributed by atoms with Crippen molar-refractivity contribution < 1.29 is 9.31 Å². The van der Waals surface area contributed by atoms with E-state index in [9.17, 15) is 14.5 Å². The van der Waals surface area contributed by atoms with E-state index in [-0.39, 0.29) is 22.3 Å². The van der Waals surface area contributed by atoms with Gasteiger partial charge in [-0.1, -0.05) is 11.6 Å². The summed E-state index contributed by atoms with van der Waals surface area (Å²) >= 11 is 5.80. The molecule has 3 N–H and O–H groups in total. The second-order valence-corrected chi connectivity index (χ2v) is 3.87. The van der Waals surface area contributed by atoms with Gasteiger partial charge in [-0.05, 0) is 18.2 Å². The predicted octanol–water partition coefficient (Wildman–Crippen LogP) is 2.50. The molecule has 0 bridgehead atoms. The van der Waals surface area contributed by atoms with Crippen molar-refractivity contribution in [3.63, 3.8) is 0 Å². The summed E-state index contributed by atoms with van der Waals surface area (Å²) in [6.07, 6.45) is 1.07. The molecule has 1 heterocycles. The third-order valence-corrected chi connectivity index (χ3v) is 2.53. The van der Waals surface area contributed by atoms with E-state index in [2.05, 4.69) is 15.3 Å². The van der Waals surface area contributed by atoms with Gasteiger partial charge >= 0.3 is 5.69 Å². The summed E-state index contributed by atoms with van der Waals surface area (Å²) in [6.45, 7) is 0. The Balaban J connectivity index is 2.44. The van der Waals surface area contributed by atoms with Gasteiger partial charge in [-0.25, -0.2) is 14.4 Å². The van der Waals surface area contributed by atoms with Crippen LogP contribution in [0.1, 0.15) is 0 Å². The van der Waals surface area contributed by atoms with Crippen molar-refractivity contribution in [2.75, 3.05) is 11.1 Å². The molecule has 9 heteroatoms. The number of nitro groups is 1. The highest BCUT2D eigenvalue weighted by atomic mass is 35.5. The molecule has 0 aliphatic rings. The molecule has 0 saturated carbocycles. The van der Waals surface area contributed by atoms with Gasteiger partial charge in [0.05, 0.1) is 15.6 Å². The van der Waals surface area contributed by atoms with Gasteiger partial charge in [-0.3, -0.25) is 10.1 Å². The number of nitrogens with two attached hydrogens (primary N) is 1. The molecule has 0 amide bonds. The van der Waals surface area contributed by atoms with E-state index in [0.29, 0.717) is 0 Å². The molecule has 1 aromatic carbocycles. The molecular weight excluding hydrogens is 277 g/mol. The van der Waals surface area contributed by atoms with Gasteiger partial charge in [0.2, 0.25) is 11.6 Å². The SMILES string of the molecule is Nc1ncnc(Nc2ccc(F)cc2Cl)c1[N+](=O)[O-]. The summed E-state index contributed by atoms with van der Waals surface area (Å²) in [4.78, 5) is 17.4. The number of hydrogen-bond donors (Lipinski definition) is 2. The average molecular weight is 284 g/mol. The van der Waals surface area contributed by atoms with Gasteiger partial charge in [-0.15, -0.1) is 0 Å². The molecule has 0 saturated heterocycles. The Morgan fingerprint density at radius 3 is 2.79 bits per heavy atom. The number of nitrogens with zero attached hydrogens (tertiary/aromatic N) is 3. The van der Waals surface area contributed by atoms with Crippen LogP contribution in [0, 0.1) is 15.9 Å². The molecule has 0 aliphatic carbocycles. The fourth-order valence-electron chi connectivity index (χ4n) is 1.38. The lowest BCUT2D eigenvalue weighted by atomic mass is 10.3. The molecule has 2 aromatic rings. The van der Waals surface area contributed by atoms with E-state index in [1.54, 1.807) is 0 Å². The van der Waals surface area contributed by atoms with Gasteiger partial charge < -0.3 is 11.1 Å². The van der Waals surface area contributed by atoms with E-state index in [1.165, 1.54) is 6.07 Å². The Bertz CT molecular complexity index is 652. The number of anilines is 3. The third kappa shape index (κ3) is 2.68. The Kier molecular flexibility index (Phi) is 3.43. The minimum absolute atomic E-state index is 0.0616. The lowest BCUT2D eigenvalue weighted by Gasteiger charge is -2.08. The Labute approximate surface area is 111 Å².